The van der Waals surface area contributed by atoms with Crippen LogP contribution in [0, 0.1) is 0 Å². The second-order valence-corrected chi connectivity index (χ2v) is 6.27. The maximum absolute atomic E-state index is 12.3. The molecule has 2 aliphatic heterocycles. The van der Waals surface area contributed by atoms with Crippen LogP contribution in [0.25, 0.3) is 0 Å². The van der Waals surface area contributed by atoms with Gasteiger partial charge >= 0.3 is 0 Å². The van der Waals surface area contributed by atoms with Crippen molar-refractivity contribution in [2.75, 3.05) is 12.3 Å². The first kappa shape index (κ1) is 13.6. The number of fused-ring (bicyclic) bond motifs is 1. The smallest absolute Gasteiger partial charge is 0.238 e. The molecule has 0 spiro atoms. The van der Waals surface area contributed by atoms with Crippen molar-refractivity contribution in [2.45, 2.75) is 31.5 Å². The zero-order valence-electron chi connectivity index (χ0n) is 11.2. The topological polar surface area (TPSA) is 49.4 Å². The summed E-state index contributed by atoms with van der Waals surface area (Å²) < 4.78 is 0. The van der Waals surface area contributed by atoms with Crippen LogP contribution in [0.5, 0.6) is 0 Å². The van der Waals surface area contributed by atoms with Crippen molar-refractivity contribution in [1.82, 2.24) is 10.2 Å². The molecule has 106 valence electrons. The zero-order valence-corrected chi connectivity index (χ0v) is 12.1. The van der Waals surface area contributed by atoms with Crippen LogP contribution in [-0.2, 0) is 16.1 Å². The molecule has 1 aromatic rings. The van der Waals surface area contributed by atoms with Gasteiger partial charge in [-0.3, -0.25) is 14.5 Å². The van der Waals surface area contributed by atoms with E-state index in [0.717, 1.165) is 24.9 Å². The SMILES string of the molecule is O=C(NCc1ccccc1)[C@@H]1CSC(=O)[C@@H]2CCCN12. The number of hydrogen-bond acceptors (Lipinski definition) is 4. The second kappa shape index (κ2) is 5.97. The van der Waals surface area contributed by atoms with Crippen LogP contribution in [-0.4, -0.2) is 40.3 Å². The molecule has 2 heterocycles. The van der Waals surface area contributed by atoms with Gasteiger partial charge in [-0.2, -0.15) is 0 Å². The number of thioether (sulfide) groups is 1. The average Bonchev–Trinajstić information content (AvgIpc) is 2.96. The predicted octanol–water partition coefficient (Wildman–Crippen LogP) is 1.41. The summed E-state index contributed by atoms with van der Waals surface area (Å²) in [7, 11) is 0. The minimum Gasteiger partial charge on any atom is -0.351 e. The lowest BCUT2D eigenvalue weighted by atomic mass is 10.2. The molecule has 0 aliphatic carbocycles. The Morgan fingerprint density at radius 3 is 2.95 bits per heavy atom. The highest BCUT2D eigenvalue weighted by Crippen LogP contribution is 2.31. The molecule has 4 nitrogen and oxygen atoms in total. The molecule has 2 fully saturated rings. The van der Waals surface area contributed by atoms with E-state index in [1.165, 1.54) is 11.8 Å². The average molecular weight is 290 g/mol. The molecule has 20 heavy (non-hydrogen) atoms. The van der Waals surface area contributed by atoms with Gasteiger partial charge in [-0.15, -0.1) is 0 Å². The highest BCUT2D eigenvalue weighted by molar-refractivity contribution is 8.13. The first-order valence-corrected chi connectivity index (χ1v) is 7.98. The Morgan fingerprint density at radius 2 is 2.15 bits per heavy atom. The number of hydrogen-bond donors (Lipinski definition) is 1. The third kappa shape index (κ3) is 2.74. The quantitative estimate of drug-likeness (QED) is 0.914. The van der Waals surface area contributed by atoms with Crippen molar-refractivity contribution in [3.05, 3.63) is 35.9 Å². The highest BCUT2D eigenvalue weighted by Gasteiger charge is 2.42. The Kier molecular flexibility index (Phi) is 4.08. The van der Waals surface area contributed by atoms with Crippen LogP contribution >= 0.6 is 11.8 Å². The highest BCUT2D eigenvalue weighted by atomic mass is 32.2. The number of benzene rings is 1. The summed E-state index contributed by atoms with van der Waals surface area (Å²) >= 11 is 1.31. The molecule has 1 aromatic carbocycles. The molecule has 5 heteroatoms. The van der Waals surface area contributed by atoms with Crippen molar-refractivity contribution in [3.63, 3.8) is 0 Å². The normalized spacial score (nSPS) is 26.3. The van der Waals surface area contributed by atoms with Gasteiger partial charge in [-0.05, 0) is 24.9 Å². The van der Waals surface area contributed by atoms with Gasteiger partial charge in [0.25, 0.3) is 0 Å². The van der Waals surface area contributed by atoms with Crippen LogP contribution in [0.15, 0.2) is 30.3 Å². The van der Waals surface area contributed by atoms with E-state index in [1.54, 1.807) is 0 Å². The Bertz CT molecular complexity index is 506. The van der Waals surface area contributed by atoms with Gasteiger partial charge < -0.3 is 5.32 Å². The van der Waals surface area contributed by atoms with E-state index >= 15 is 0 Å². The van der Waals surface area contributed by atoms with Crippen LogP contribution < -0.4 is 5.32 Å². The number of carbonyl (C=O) groups excluding carboxylic acids is 2. The Labute approximate surface area is 122 Å². The summed E-state index contributed by atoms with van der Waals surface area (Å²) in [4.78, 5) is 26.2. The largest absolute Gasteiger partial charge is 0.351 e. The summed E-state index contributed by atoms with van der Waals surface area (Å²) in [5.41, 5.74) is 1.10. The molecule has 0 aromatic heterocycles. The summed E-state index contributed by atoms with van der Waals surface area (Å²) in [6, 6.07) is 9.69. The molecule has 2 atom stereocenters. The van der Waals surface area contributed by atoms with Crippen molar-refractivity contribution >= 4 is 22.8 Å². The molecule has 0 radical (unpaired) electrons. The fourth-order valence-electron chi connectivity index (χ4n) is 2.90. The van der Waals surface area contributed by atoms with Gasteiger partial charge in [0.1, 0.15) is 0 Å². The number of rotatable bonds is 3. The molecule has 1 amide bonds. The van der Waals surface area contributed by atoms with E-state index in [9.17, 15) is 9.59 Å². The van der Waals surface area contributed by atoms with Crippen LogP contribution in [0.2, 0.25) is 0 Å². The van der Waals surface area contributed by atoms with Gasteiger partial charge in [0.15, 0.2) is 0 Å². The fourth-order valence-corrected chi connectivity index (χ4v) is 4.01. The molecule has 1 N–H and O–H groups in total. The van der Waals surface area contributed by atoms with Crippen LogP contribution in [0.1, 0.15) is 18.4 Å². The Morgan fingerprint density at radius 1 is 1.35 bits per heavy atom. The standard InChI is InChI=1S/C15H18N2O2S/c18-14(16-9-11-5-2-1-3-6-11)13-10-20-15(19)12-7-4-8-17(12)13/h1-3,5-6,12-13H,4,7-10H2,(H,16,18)/t12-,13-/m0/s1. The van der Waals surface area contributed by atoms with E-state index in [1.807, 2.05) is 30.3 Å². The lowest BCUT2D eigenvalue weighted by Crippen LogP contribution is -2.54. The molecular formula is C15H18N2O2S. The van der Waals surface area contributed by atoms with Crippen molar-refractivity contribution < 1.29 is 9.59 Å². The maximum atomic E-state index is 12.3. The first-order valence-electron chi connectivity index (χ1n) is 7.00. The zero-order chi connectivity index (χ0) is 13.9. The summed E-state index contributed by atoms with van der Waals surface area (Å²) in [5.74, 6) is 0.622. The van der Waals surface area contributed by atoms with Gasteiger partial charge in [0.2, 0.25) is 11.0 Å². The van der Waals surface area contributed by atoms with E-state index in [0.29, 0.717) is 12.3 Å². The van der Waals surface area contributed by atoms with Crippen molar-refractivity contribution in [1.29, 1.82) is 0 Å². The van der Waals surface area contributed by atoms with E-state index in [-0.39, 0.29) is 23.1 Å². The monoisotopic (exact) mass is 290 g/mol. The Balaban J connectivity index is 1.61. The number of carbonyl (C=O) groups is 2. The molecule has 2 aliphatic rings. The lowest BCUT2D eigenvalue weighted by Gasteiger charge is -2.34. The minimum absolute atomic E-state index is 0.0405. The fraction of sp³-hybridized carbons (Fsp3) is 0.467. The molecular weight excluding hydrogens is 272 g/mol. The molecule has 0 saturated carbocycles. The lowest BCUT2D eigenvalue weighted by molar-refractivity contribution is -0.128. The molecule has 0 unspecified atom stereocenters. The van der Waals surface area contributed by atoms with Crippen molar-refractivity contribution in [3.8, 4) is 0 Å². The number of nitrogens with one attached hydrogen (secondary N) is 1. The third-order valence-corrected chi connectivity index (χ3v) is 5.00. The van der Waals surface area contributed by atoms with Gasteiger partial charge in [-0.1, -0.05) is 42.1 Å². The molecule has 3 rings (SSSR count). The summed E-state index contributed by atoms with van der Waals surface area (Å²) in [6.07, 6.45) is 1.91. The minimum atomic E-state index is -0.158. The number of nitrogens with zero attached hydrogens (tertiary/aromatic N) is 1. The first-order chi connectivity index (χ1) is 9.75. The van der Waals surface area contributed by atoms with Gasteiger partial charge in [0.05, 0.1) is 12.1 Å². The number of amides is 1. The molecule has 2 saturated heterocycles. The predicted molar refractivity (Wildman–Crippen MR) is 79.3 cm³/mol. The van der Waals surface area contributed by atoms with Gasteiger partial charge in [-0.25, -0.2) is 0 Å². The van der Waals surface area contributed by atoms with Crippen LogP contribution in [0.4, 0.5) is 0 Å². The molecule has 0 bridgehead atoms. The second-order valence-electron chi connectivity index (χ2n) is 5.25. The third-order valence-electron chi connectivity index (χ3n) is 3.96. The van der Waals surface area contributed by atoms with Gasteiger partial charge in [0, 0.05) is 12.3 Å². The van der Waals surface area contributed by atoms with E-state index in [2.05, 4.69) is 10.2 Å². The maximum Gasteiger partial charge on any atom is 0.238 e. The van der Waals surface area contributed by atoms with E-state index < -0.39 is 0 Å². The van der Waals surface area contributed by atoms with E-state index in [4.69, 9.17) is 0 Å². The Hall–Kier alpha value is -1.33. The van der Waals surface area contributed by atoms with Crippen LogP contribution in [0.3, 0.4) is 0 Å². The van der Waals surface area contributed by atoms with Crippen molar-refractivity contribution in [2.24, 2.45) is 0 Å². The summed E-state index contributed by atoms with van der Waals surface area (Å²) in [5, 5.41) is 3.22. The summed E-state index contributed by atoms with van der Waals surface area (Å²) in [6.45, 7) is 1.41.